The van der Waals surface area contributed by atoms with Crippen molar-refractivity contribution in [1.82, 2.24) is 4.58 Å². The summed E-state index contributed by atoms with van der Waals surface area (Å²) >= 11 is 4.73. The highest BCUT2D eigenvalue weighted by atomic mass is 32.1. The van der Waals surface area contributed by atoms with Crippen molar-refractivity contribution >= 4 is 51.9 Å². The third-order valence-electron chi connectivity index (χ3n) is 5.15. The molecule has 0 atom stereocenters. The molecule has 0 aromatic heterocycles. The number of nitrogens with zero attached hydrogens (tertiary/aromatic N) is 3. The number of thiocarbonyl (C=S) groups is 1. The van der Waals surface area contributed by atoms with Crippen LogP contribution in [-0.4, -0.2) is 31.4 Å². The van der Waals surface area contributed by atoms with Gasteiger partial charge in [0.15, 0.2) is 0 Å². The van der Waals surface area contributed by atoms with Gasteiger partial charge in [0.1, 0.15) is 25.4 Å². The maximum absolute atomic E-state index is 12.0. The van der Waals surface area contributed by atoms with Crippen LogP contribution in [0.1, 0.15) is 17.3 Å². The minimum absolute atomic E-state index is 0.0504. The van der Waals surface area contributed by atoms with Crippen molar-refractivity contribution in [2.24, 2.45) is 9.98 Å². The SMILES string of the molecule is CC=Nc1ccc2c(-c3cc(N=C=S)ccc3C(=O)[O-])c3ccc(=[N+](C)C)cc-3oc2c1. The molecule has 0 N–H and O–H groups in total. The van der Waals surface area contributed by atoms with Gasteiger partial charge in [0.05, 0.1) is 28.6 Å². The zero-order chi connectivity index (χ0) is 22.8. The van der Waals surface area contributed by atoms with Crippen LogP contribution in [-0.2, 0) is 0 Å². The number of carbonyl (C=O) groups excluding carboxylic acids is 1. The van der Waals surface area contributed by atoms with Crippen LogP contribution in [0.25, 0.3) is 33.4 Å². The zero-order valence-corrected chi connectivity index (χ0v) is 18.6. The summed E-state index contributed by atoms with van der Waals surface area (Å²) in [6, 6.07) is 16.1. The van der Waals surface area contributed by atoms with Gasteiger partial charge in [0, 0.05) is 40.4 Å². The fraction of sp³-hybridized carbons (Fsp3) is 0.120. The molecule has 4 rings (SSSR count). The van der Waals surface area contributed by atoms with Crippen LogP contribution in [0.2, 0.25) is 0 Å². The van der Waals surface area contributed by atoms with Crippen LogP contribution in [0, 0.1) is 0 Å². The summed E-state index contributed by atoms with van der Waals surface area (Å²) in [4.78, 5) is 20.4. The second-order valence-electron chi connectivity index (χ2n) is 7.34. The van der Waals surface area contributed by atoms with Crippen molar-refractivity contribution in [3.63, 3.8) is 0 Å². The standard InChI is InChI=1S/C25H19N3O3S/c1-4-26-16-6-9-19-22(12-16)31-23-13-17(28(2)3)7-10-20(23)24(19)21-11-15(27-14-32)5-8-18(21)25(29)30/h4-13H,1-3H3. The summed E-state index contributed by atoms with van der Waals surface area (Å²) in [5, 5.41) is 16.0. The molecule has 0 amide bonds. The van der Waals surface area contributed by atoms with Gasteiger partial charge in [0.2, 0.25) is 5.36 Å². The fourth-order valence-corrected chi connectivity index (χ4v) is 3.81. The molecule has 0 spiro atoms. The van der Waals surface area contributed by atoms with Gasteiger partial charge in [-0.25, -0.2) is 4.58 Å². The number of carbonyl (C=O) groups is 1. The Hall–Kier alpha value is -3.93. The van der Waals surface area contributed by atoms with E-state index in [9.17, 15) is 9.90 Å². The lowest BCUT2D eigenvalue weighted by molar-refractivity contribution is -0.254. The molecule has 2 aliphatic rings. The summed E-state index contributed by atoms with van der Waals surface area (Å²) in [6.07, 6.45) is 1.70. The summed E-state index contributed by atoms with van der Waals surface area (Å²) in [5.74, 6) is -0.665. The van der Waals surface area contributed by atoms with Crippen molar-refractivity contribution in [1.29, 1.82) is 0 Å². The zero-order valence-electron chi connectivity index (χ0n) is 17.7. The topological polar surface area (TPSA) is 81.0 Å². The predicted molar refractivity (Wildman–Crippen MR) is 128 cm³/mol. The van der Waals surface area contributed by atoms with Gasteiger partial charge in [-0.05, 0) is 55.0 Å². The first kappa shape index (κ1) is 21.3. The van der Waals surface area contributed by atoms with Gasteiger partial charge in [-0.1, -0.05) is 6.07 Å². The summed E-state index contributed by atoms with van der Waals surface area (Å²) in [7, 11) is 3.89. The Balaban J connectivity index is 2.21. The number of carboxylic acids is 1. The summed E-state index contributed by atoms with van der Waals surface area (Å²) in [6.45, 7) is 1.84. The van der Waals surface area contributed by atoms with Gasteiger partial charge >= 0.3 is 0 Å². The molecule has 1 heterocycles. The molecule has 1 aliphatic carbocycles. The van der Waals surface area contributed by atoms with Crippen LogP contribution in [0.5, 0.6) is 0 Å². The average molecular weight is 442 g/mol. The van der Waals surface area contributed by atoms with E-state index < -0.39 is 5.97 Å². The molecular weight excluding hydrogens is 422 g/mol. The van der Waals surface area contributed by atoms with Crippen LogP contribution in [0.15, 0.2) is 69.0 Å². The Labute approximate surface area is 189 Å². The van der Waals surface area contributed by atoms with E-state index in [0.717, 1.165) is 22.0 Å². The third-order valence-corrected chi connectivity index (χ3v) is 5.24. The summed E-state index contributed by atoms with van der Waals surface area (Å²) in [5.41, 5.74) is 3.80. The third kappa shape index (κ3) is 3.87. The van der Waals surface area contributed by atoms with E-state index in [0.29, 0.717) is 28.2 Å². The Morgan fingerprint density at radius 2 is 1.84 bits per heavy atom. The second-order valence-corrected chi connectivity index (χ2v) is 7.52. The van der Waals surface area contributed by atoms with E-state index in [-0.39, 0.29) is 5.56 Å². The van der Waals surface area contributed by atoms with Crippen molar-refractivity contribution < 1.29 is 14.3 Å². The lowest BCUT2D eigenvalue weighted by Gasteiger charge is -2.18. The number of aromatic carboxylic acids is 1. The number of aliphatic imine (C=N–C) groups is 2. The van der Waals surface area contributed by atoms with E-state index >= 15 is 0 Å². The number of rotatable bonds is 4. The van der Waals surface area contributed by atoms with Crippen LogP contribution < -0.4 is 15.0 Å². The number of fused-ring (bicyclic) bond motifs is 2. The van der Waals surface area contributed by atoms with Gasteiger partial charge in [-0.15, -0.1) is 0 Å². The molecule has 7 heteroatoms. The van der Waals surface area contributed by atoms with Crippen molar-refractivity contribution in [2.75, 3.05) is 14.1 Å². The van der Waals surface area contributed by atoms with Crippen LogP contribution >= 0.6 is 12.2 Å². The molecule has 32 heavy (non-hydrogen) atoms. The Morgan fingerprint density at radius 1 is 1.06 bits per heavy atom. The molecule has 2 aromatic rings. The smallest absolute Gasteiger partial charge is 0.203 e. The molecule has 0 bridgehead atoms. The lowest BCUT2D eigenvalue weighted by atomic mass is 9.90. The molecule has 0 unspecified atom stereocenters. The molecule has 0 saturated heterocycles. The van der Waals surface area contributed by atoms with Gasteiger partial charge in [-0.3, -0.25) is 4.99 Å². The maximum atomic E-state index is 12.0. The monoisotopic (exact) mass is 441 g/mol. The van der Waals surface area contributed by atoms with E-state index in [4.69, 9.17) is 16.6 Å². The van der Waals surface area contributed by atoms with E-state index in [1.807, 2.05) is 62.0 Å². The average Bonchev–Trinajstić information content (AvgIpc) is 2.77. The Kier molecular flexibility index (Phi) is 5.77. The normalized spacial score (nSPS) is 11.1. The number of hydrogen-bond donors (Lipinski definition) is 0. The highest BCUT2D eigenvalue weighted by molar-refractivity contribution is 7.78. The minimum Gasteiger partial charge on any atom is -0.545 e. The number of hydrogen-bond acceptors (Lipinski definition) is 6. The van der Waals surface area contributed by atoms with Crippen LogP contribution in [0.4, 0.5) is 11.4 Å². The maximum Gasteiger partial charge on any atom is 0.203 e. The molecule has 0 radical (unpaired) electrons. The molecule has 158 valence electrons. The first-order valence-corrected chi connectivity index (χ1v) is 10.3. The van der Waals surface area contributed by atoms with Crippen LogP contribution in [0.3, 0.4) is 0 Å². The molecule has 0 fully saturated rings. The van der Waals surface area contributed by atoms with Gasteiger partial charge < -0.3 is 14.3 Å². The lowest BCUT2D eigenvalue weighted by Crippen LogP contribution is -2.23. The quantitative estimate of drug-likeness (QED) is 0.207. The van der Waals surface area contributed by atoms with Gasteiger partial charge in [-0.2, -0.15) is 4.99 Å². The molecule has 6 nitrogen and oxygen atoms in total. The number of isothiocyanates is 1. The van der Waals surface area contributed by atoms with Crippen molar-refractivity contribution in [3.8, 4) is 22.5 Å². The highest BCUT2D eigenvalue weighted by Gasteiger charge is 2.21. The molecule has 0 saturated carbocycles. The molecule has 1 aliphatic heterocycles. The highest BCUT2D eigenvalue weighted by Crippen LogP contribution is 2.42. The first-order valence-electron chi connectivity index (χ1n) is 9.86. The second kappa shape index (κ2) is 8.67. The minimum atomic E-state index is -1.28. The first-order chi connectivity index (χ1) is 15.4. The summed E-state index contributed by atoms with van der Waals surface area (Å²) < 4.78 is 8.22. The van der Waals surface area contributed by atoms with Gasteiger partial charge in [0.25, 0.3) is 0 Å². The largest absolute Gasteiger partial charge is 0.545 e. The Morgan fingerprint density at radius 3 is 2.53 bits per heavy atom. The molecule has 2 aromatic carbocycles. The fourth-order valence-electron chi connectivity index (χ4n) is 3.70. The van der Waals surface area contributed by atoms with E-state index in [1.54, 1.807) is 18.3 Å². The number of carboxylic acid groups (broad SMARTS) is 1. The van der Waals surface area contributed by atoms with Crippen molar-refractivity contribution in [2.45, 2.75) is 6.92 Å². The number of benzene rings is 3. The van der Waals surface area contributed by atoms with E-state index in [2.05, 4.69) is 15.1 Å². The predicted octanol–water partition coefficient (Wildman–Crippen LogP) is 4.06. The Bertz CT molecular complexity index is 1490. The van der Waals surface area contributed by atoms with E-state index in [1.165, 1.54) is 6.07 Å². The van der Waals surface area contributed by atoms with Crippen molar-refractivity contribution in [3.05, 3.63) is 65.5 Å². The molecular formula is C25H19N3O3S.